The fourth-order valence-electron chi connectivity index (χ4n) is 3.40. The maximum absolute atomic E-state index is 9.74. The molecule has 0 atom stereocenters. The second kappa shape index (κ2) is 8.63. The average molecular weight is 446 g/mol. The molecular weight excluding hydrogens is 428 g/mol. The zero-order chi connectivity index (χ0) is 24.4. The number of rotatable bonds is 4. The van der Waals surface area contributed by atoms with Gasteiger partial charge in [-0.1, -0.05) is 17.8 Å². The van der Waals surface area contributed by atoms with Crippen LogP contribution in [0, 0.1) is 37.0 Å². The normalized spacial score (nSPS) is 10.1. The van der Waals surface area contributed by atoms with Gasteiger partial charge in [0.1, 0.15) is 28.7 Å². The van der Waals surface area contributed by atoms with Crippen LogP contribution in [0.4, 0.5) is 11.4 Å². The molecule has 6 N–H and O–H groups in total. The van der Waals surface area contributed by atoms with Crippen molar-refractivity contribution in [1.82, 2.24) is 0 Å². The molecule has 164 valence electrons. The van der Waals surface area contributed by atoms with E-state index in [1.165, 1.54) is 24.3 Å². The molecule has 4 aromatic rings. The van der Waals surface area contributed by atoms with Crippen molar-refractivity contribution < 1.29 is 19.7 Å². The molecule has 0 fully saturated rings. The molecule has 0 bridgehead atoms. The number of hydrogen-bond acceptors (Lipinski definition) is 6. The average Bonchev–Trinajstić information content (AvgIpc) is 2.83. The summed E-state index contributed by atoms with van der Waals surface area (Å²) in [5.41, 5.74) is 13.2. The highest BCUT2D eigenvalue weighted by Gasteiger charge is 2.18. The van der Waals surface area contributed by atoms with Crippen molar-refractivity contribution in [2.24, 2.45) is 0 Å². The Morgan fingerprint density at radius 2 is 1.29 bits per heavy atom. The lowest BCUT2D eigenvalue weighted by molar-refractivity contribution is 0.466. The van der Waals surface area contributed by atoms with Gasteiger partial charge in [-0.2, -0.15) is 0 Å². The van der Waals surface area contributed by atoms with Crippen molar-refractivity contribution in [3.05, 3.63) is 71.3 Å². The van der Waals surface area contributed by atoms with Gasteiger partial charge in [-0.05, 0) is 42.5 Å². The fourth-order valence-corrected chi connectivity index (χ4v) is 3.40. The van der Waals surface area contributed by atoms with Gasteiger partial charge in [0.25, 0.3) is 0 Å². The van der Waals surface area contributed by atoms with Gasteiger partial charge in [-0.25, -0.2) is 0 Å². The van der Waals surface area contributed by atoms with Crippen LogP contribution in [0.15, 0.2) is 54.6 Å². The highest BCUT2D eigenvalue weighted by molar-refractivity contribution is 5.98. The second-order valence-corrected chi connectivity index (χ2v) is 7.28. The fraction of sp³-hybridized carbons (Fsp3) is 0. The Morgan fingerprint density at radius 1 is 0.676 bits per heavy atom. The van der Waals surface area contributed by atoms with E-state index in [1.807, 2.05) is 0 Å². The van der Waals surface area contributed by atoms with Gasteiger partial charge >= 0.3 is 0 Å². The van der Waals surface area contributed by atoms with E-state index >= 15 is 0 Å². The number of nitrogen functional groups attached to an aromatic ring is 2. The minimum absolute atomic E-state index is 0.0632. The smallest absolute Gasteiger partial charge is 0.152 e. The van der Waals surface area contributed by atoms with Gasteiger partial charge in [0.15, 0.2) is 5.75 Å². The van der Waals surface area contributed by atoms with Crippen molar-refractivity contribution in [3.8, 4) is 71.5 Å². The van der Waals surface area contributed by atoms with E-state index in [9.17, 15) is 10.2 Å². The highest BCUT2D eigenvalue weighted by atomic mass is 16.5. The molecule has 0 radical (unpaired) electrons. The number of terminal acetylenes is 3. The molecule has 0 aliphatic rings. The molecule has 0 heterocycles. The third kappa shape index (κ3) is 3.94. The zero-order valence-electron chi connectivity index (χ0n) is 17.8. The summed E-state index contributed by atoms with van der Waals surface area (Å²) in [4.78, 5) is 0. The van der Waals surface area contributed by atoms with Gasteiger partial charge in [0.2, 0.25) is 0 Å². The van der Waals surface area contributed by atoms with Crippen LogP contribution in [0.25, 0.3) is 10.8 Å². The molecule has 0 unspecified atom stereocenters. The van der Waals surface area contributed by atoms with Crippen molar-refractivity contribution in [3.63, 3.8) is 0 Å². The minimum atomic E-state index is -0.0785. The third-order valence-corrected chi connectivity index (χ3v) is 5.08. The first-order valence-electron chi connectivity index (χ1n) is 9.92. The van der Waals surface area contributed by atoms with Crippen molar-refractivity contribution in [2.45, 2.75) is 0 Å². The quantitative estimate of drug-likeness (QED) is 0.201. The topological polar surface area (TPSA) is 111 Å². The van der Waals surface area contributed by atoms with Gasteiger partial charge in [0.05, 0.1) is 16.9 Å². The molecule has 0 amide bonds. The summed E-state index contributed by atoms with van der Waals surface area (Å²) >= 11 is 0. The van der Waals surface area contributed by atoms with E-state index < -0.39 is 0 Å². The summed E-state index contributed by atoms with van der Waals surface area (Å²) < 4.78 is 12.2. The standard InChI is InChI=1S/C28H18N2O4/c1-4-16-11-22-21(27(12-16)33-18-7-9-25(31)23(29)14-18)13-17(5-2)20(6-3)28(22)34-19-8-10-26(32)24(30)15-19/h1-3,7-15,31-32H,29-30H2. The molecule has 6 nitrogen and oxygen atoms in total. The highest BCUT2D eigenvalue weighted by Crippen LogP contribution is 2.42. The first-order valence-corrected chi connectivity index (χ1v) is 9.92. The van der Waals surface area contributed by atoms with E-state index in [0.717, 1.165) is 0 Å². The summed E-state index contributed by atoms with van der Waals surface area (Å²) in [5, 5.41) is 20.6. The lowest BCUT2D eigenvalue weighted by atomic mass is 9.97. The van der Waals surface area contributed by atoms with E-state index in [2.05, 4.69) is 17.8 Å². The Labute approximate surface area is 196 Å². The first kappa shape index (κ1) is 21.8. The molecule has 0 saturated heterocycles. The maximum Gasteiger partial charge on any atom is 0.152 e. The molecule has 4 rings (SSSR count). The molecule has 6 heteroatoms. The van der Waals surface area contributed by atoms with Crippen molar-refractivity contribution >= 4 is 22.1 Å². The molecular formula is C28H18N2O4. The summed E-state index contributed by atoms with van der Waals surface area (Å²) in [6.45, 7) is 0. The summed E-state index contributed by atoms with van der Waals surface area (Å²) in [6, 6.07) is 14.0. The van der Waals surface area contributed by atoms with Crippen molar-refractivity contribution in [2.75, 3.05) is 11.5 Å². The first-order chi connectivity index (χ1) is 16.3. The number of phenolic OH excluding ortho intramolecular Hbond substituents is 2. The Hall–Kier alpha value is -5.38. The summed E-state index contributed by atoms with van der Waals surface area (Å²) in [7, 11) is 0. The molecule has 0 saturated carbocycles. The van der Waals surface area contributed by atoms with E-state index in [0.29, 0.717) is 44.7 Å². The lowest BCUT2D eigenvalue weighted by Gasteiger charge is -2.17. The van der Waals surface area contributed by atoms with Crippen LogP contribution < -0.4 is 20.9 Å². The molecule has 0 spiro atoms. The number of aromatic hydroxyl groups is 2. The summed E-state index contributed by atoms with van der Waals surface area (Å²) in [6.07, 6.45) is 17.2. The molecule has 0 aliphatic heterocycles. The molecule has 34 heavy (non-hydrogen) atoms. The minimum Gasteiger partial charge on any atom is -0.506 e. The molecule has 0 aromatic heterocycles. The van der Waals surface area contributed by atoms with E-state index in [-0.39, 0.29) is 28.6 Å². The number of nitrogens with two attached hydrogens (primary N) is 2. The van der Waals surface area contributed by atoms with E-state index in [1.54, 1.807) is 30.3 Å². The zero-order valence-corrected chi connectivity index (χ0v) is 17.8. The van der Waals surface area contributed by atoms with E-state index in [4.69, 9.17) is 40.2 Å². The number of fused-ring (bicyclic) bond motifs is 1. The number of benzene rings is 4. The van der Waals surface area contributed by atoms with Crippen LogP contribution in [-0.4, -0.2) is 10.2 Å². The van der Waals surface area contributed by atoms with Crippen LogP contribution in [0.3, 0.4) is 0 Å². The number of hydrogen-bond donors (Lipinski definition) is 4. The number of anilines is 2. The monoisotopic (exact) mass is 446 g/mol. The Morgan fingerprint density at radius 3 is 1.82 bits per heavy atom. The number of phenols is 2. The van der Waals surface area contributed by atoms with Crippen LogP contribution >= 0.6 is 0 Å². The van der Waals surface area contributed by atoms with Crippen LogP contribution in [0.5, 0.6) is 34.5 Å². The van der Waals surface area contributed by atoms with Crippen LogP contribution in [0.2, 0.25) is 0 Å². The second-order valence-electron chi connectivity index (χ2n) is 7.28. The molecule has 4 aromatic carbocycles. The Balaban J connectivity index is 1.98. The predicted molar refractivity (Wildman–Crippen MR) is 133 cm³/mol. The third-order valence-electron chi connectivity index (χ3n) is 5.08. The van der Waals surface area contributed by atoms with Gasteiger partial charge in [-0.3, -0.25) is 0 Å². The SMILES string of the molecule is C#Cc1cc(Oc2ccc(O)c(N)c2)c2cc(C#C)c(C#C)c(Oc3ccc(O)c(N)c3)c2c1. The Bertz CT molecular complexity index is 1580. The van der Waals surface area contributed by atoms with Crippen LogP contribution in [0.1, 0.15) is 16.7 Å². The Kier molecular flexibility index (Phi) is 5.54. The predicted octanol–water partition coefficient (Wildman–Crippen LogP) is 4.94. The maximum atomic E-state index is 9.74. The largest absolute Gasteiger partial charge is 0.506 e. The van der Waals surface area contributed by atoms with Crippen LogP contribution in [-0.2, 0) is 0 Å². The summed E-state index contributed by atoms with van der Waals surface area (Å²) in [5.74, 6) is 9.00. The number of ether oxygens (including phenoxy) is 2. The van der Waals surface area contributed by atoms with Gasteiger partial charge in [-0.15, -0.1) is 19.3 Å². The van der Waals surface area contributed by atoms with Gasteiger partial charge < -0.3 is 31.2 Å². The van der Waals surface area contributed by atoms with Gasteiger partial charge in [0, 0.05) is 34.0 Å². The lowest BCUT2D eigenvalue weighted by Crippen LogP contribution is -1.97. The molecule has 0 aliphatic carbocycles. The van der Waals surface area contributed by atoms with Crippen molar-refractivity contribution in [1.29, 1.82) is 0 Å².